The number of aromatic nitrogens is 2. The van der Waals surface area contributed by atoms with Gasteiger partial charge in [0.2, 0.25) is 0 Å². The van der Waals surface area contributed by atoms with Gasteiger partial charge in [0.05, 0.1) is 0 Å². The Morgan fingerprint density at radius 3 is 2.83 bits per heavy atom. The maximum Gasteiger partial charge on any atom is 0.132 e. The zero-order chi connectivity index (χ0) is 13.0. The molecule has 0 amide bonds. The number of anilines is 2. The number of ether oxygens (including phenoxy) is 1. The van der Waals surface area contributed by atoms with E-state index in [2.05, 4.69) is 22.2 Å². The zero-order valence-electron chi connectivity index (χ0n) is 11.1. The van der Waals surface area contributed by atoms with Crippen molar-refractivity contribution in [3.05, 3.63) is 11.9 Å². The van der Waals surface area contributed by atoms with E-state index in [9.17, 15) is 0 Å². The number of hydrogen-bond acceptors (Lipinski definition) is 5. The van der Waals surface area contributed by atoms with Gasteiger partial charge < -0.3 is 15.8 Å². The molecule has 3 N–H and O–H groups in total. The molecule has 1 aliphatic rings. The van der Waals surface area contributed by atoms with Gasteiger partial charge in [-0.15, -0.1) is 0 Å². The summed E-state index contributed by atoms with van der Waals surface area (Å²) in [6.07, 6.45) is 3.01. The summed E-state index contributed by atoms with van der Waals surface area (Å²) in [6.45, 7) is 5.95. The van der Waals surface area contributed by atoms with Crippen molar-refractivity contribution in [3.8, 4) is 0 Å². The molecule has 100 valence electrons. The number of nitrogen functional groups attached to an aromatic ring is 1. The summed E-state index contributed by atoms with van der Waals surface area (Å²) < 4.78 is 5.38. The highest BCUT2D eigenvalue weighted by atomic mass is 16.5. The predicted octanol–water partition coefficient (Wildman–Crippen LogP) is 1.85. The van der Waals surface area contributed by atoms with Crippen molar-refractivity contribution in [1.29, 1.82) is 0 Å². The lowest BCUT2D eigenvalue weighted by atomic mass is 9.93. The van der Waals surface area contributed by atoms with Gasteiger partial charge in [0.1, 0.15) is 17.5 Å². The van der Waals surface area contributed by atoms with Crippen LogP contribution in [-0.2, 0) is 11.2 Å². The van der Waals surface area contributed by atoms with E-state index in [0.717, 1.165) is 44.1 Å². The Morgan fingerprint density at radius 2 is 2.17 bits per heavy atom. The van der Waals surface area contributed by atoms with Gasteiger partial charge in [-0.1, -0.05) is 6.92 Å². The number of nitrogens with one attached hydrogen (secondary N) is 1. The fourth-order valence-corrected chi connectivity index (χ4v) is 2.32. The first-order valence-corrected chi connectivity index (χ1v) is 6.66. The highest BCUT2D eigenvalue weighted by Crippen LogP contribution is 2.21. The Labute approximate surface area is 108 Å². The summed E-state index contributed by atoms with van der Waals surface area (Å²) >= 11 is 0. The molecule has 2 heterocycles. The second-order valence-electron chi connectivity index (χ2n) is 4.83. The van der Waals surface area contributed by atoms with Crippen LogP contribution in [0.3, 0.4) is 0 Å². The lowest BCUT2D eigenvalue weighted by Gasteiger charge is -2.28. The molecule has 0 aliphatic carbocycles. The molecule has 1 saturated heterocycles. The molecule has 5 heteroatoms. The quantitative estimate of drug-likeness (QED) is 0.853. The van der Waals surface area contributed by atoms with Gasteiger partial charge in [0.15, 0.2) is 0 Å². The third kappa shape index (κ3) is 3.32. The van der Waals surface area contributed by atoms with Crippen LogP contribution >= 0.6 is 0 Å². The van der Waals surface area contributed by atoms with Crippen LogP contribution in [0.25, 0.3) is 0 Å². The first kappa shape index (κ1) is 13.1. The number of nitrogens with zero attached hydrogens (tertiary/aromatic N) is 2. The SMILES string of the molecule is CCc1nc(N)cc(NC(C)C2CCOCC2)n1. The minimum Gasteiger partial charge on any atom is -0.384 e. The topological polar surface area (TPSA) is 73.1 Å². The van der Waals surface area contributed by atoms with Gasteiger partial charge in [0, 0.05) is 31.7 Å². The van der Waals surface area contributed by atoms with E-state index < -0.39 is 0 Å². The summed E-state index contributed by atoms with van der Waals surface area (Å²) in [5.74, 6) is 2.79. The average molecular weight is 250 g/mol. The molecule has 1 aliphatic heterocycles. The van der Waals surface area contributed by atoms with E-state index in [1.807, 2.05) is 6.92 Å². The Balaban J connectivity index is 2.01. The molecule has 0 spiro atoms. The molecule has 18 heavy (non-hydrogen) atoms. The molecule has 1 fully saturated rings. The van der Waals surface area contributed by atoms with Gasteiger partial charge in [0.25, 0.3) is 0 Å². The zero-order valence-corrected chi connectivity index (χ0v) is 11.1. The highest BCUT2D eigenvalue weighted by Gasteiger charge is 2.20. The molecule has 5 nitrogen and oxygen atoms in total. The smallest absolute Gasteiger partial charge is 0.132 e. The standard InChI is InChI=1S/C13H22N4O/c1-3-12-16-11(14)8-13(17-12)15-9(2)10-4-6-18-7-5-10/h8-10H,3-7H2,1-2H3,(H3,14,15,16,17). The first-order valence-electron chi connectivity index (χ1n) is 6.66. The van der Waals surface area contributed by atoms with Crippen molar-refractivity contribution >= 4 is 11.6 Å². The molecule has 1 atom stereocenters. The van der Waals surface area contributed by atoms with Crippen molar-refractivity contribution in [2.75, 3.05) is 24.3 Å². The normalized spacial score (nSPS) is 18.6. The van der Waals surface area contributed by atoms with E-state index in [4.69, 9.17) is 10.5 Å². The highest BCUT2D eigenvalue weighted by molar-refractivity contribution is 5.45. The molecule has 1 unspecified atom stereocenters. The summed E-state index contributed by atoms with van der Waals surface area (Å²) in [6, 6.07) is 2.18. The predicted molar refractivity (Wildman–Crippen MR) is 72.5 cm³/mol. The second kappa shape index (κ2) is 6.00. The fraction of sp³-hybridized carbons (Fsp3) is 0.692. The monoisotopic (exact) mass is 250 g/mol. The van der Waals surface area contributed by atoms with E-state index in [0.29, 0.717) is 17.8 Å². The van der Waals surface area contributed by atoms with Gasteiger partial charge in [-0.2, -0.15) is 0 Å². The van der Waals surface area contributed by atoms with Crippen LogP contribution < -0.4 is 11.1 Å². The lowest BCUT2D eigenvalue weighted by molar-refractivity contribution is 0.0622. The average Bonchev–Trinajstić information content (AvgIpc) is 2.39. The Bertz CT molecular complexity index is 391. The summed E-state index contributed by atoms with van der Waals surface area (Å²) in [4.78, 5) is 8.63. The van der Waals surface area contributed by atoms with Crippen LogP contribution in [0.5, 0.6) is 0 Å². The maximum absolute atomic E-state index is 5.78. The minimum atomic E-state index is 0.382. The van der Waals surface area contributed by atoms with Crippen LogP contribution in [0.15, 0.2) is 6.07 Å². The van der Waals surface area contributed by atoms with Crippen molar-refractivity contribution in [2.45, 2.75) is 39.2 Å². The minimum absolute atomic E-state index is 0.382. The summed E-state index contributed by atoms with van der Waals surface area (Å²) in [5.41, 5.74) is 5.78. The van der Waals surface area contributed by atoms with Gasteiger partial charge >= 0.3 is 0 Å². The Morgan fingerprint density at radius 1 is 1.44 bits per heavy atom. The van der Waals surface area contributed by atoms with Crippen LogP contribution in [0.4, 0.5) is 11.6 Å². The summed E-state index contributed by atoms with van der Waals surface area (Å²) in [7, 11) is 0. The number of nitrogens with two attached hydrogens (primary N) is 1. The molecule has 1 aromatic rings. The largest absolute Gasteiger partial charge is 0.384 e. The third-order valence-electron chi connectivity index (χ3n) is 3.46. The Hall–Kier alpha value is -1.36. The van der Waals surface area contributed by atoms with Crippen molar-refractivity contribution in [3.63, 3.8) is 0 Å². The van der Waals surface area contributed by atoms with Crippen LogP contribution in [0.1, 0.15) is 32.5 Å². The van der Waals surface area contributed by atoms with Crippen LogP contribution in [-0.4, -0.2) is 29.2 Å². The molecule has 0 bridgehead atoms. The number of aryl methyl sites for hydroxylation is 1. The lowest BCUT2D eigenvalue weighted by Crippen LogP contribution is -2.31. The maximum atomic E-state index is 5.78. The molecular formula is C13H22N4O. The van der Waals surface area contributed by atoms with Gasteiger partial charge in [-0.05, 0) is 25.7 Å². The van der Waals surface area contributed by atoms with Crippen molar-refractivity contribution < 1.29 is 4.74 Å². The third-order valence-corrected chi connectivity index (χ3v) is 3.46. The van der Waals surface area contributed by atoms with E-state index in [1.165, 1.54) is 0 Å². The Kier molecular flexibility index (Phi) is 4.36. The molecule has 2 rings (SSSR count). The molecule has 0 aromatic carbocycles. The number of rotatable bonds is 4. The van der Waals surface area contributed by atoms with Gasteiger partial charge in [-0.3, -0.25) is 0 Å². The van der Waals surface area contributed by atoms with E-state index >= 15 is 0 Å². The van der Waals surface area contributed by atoms with E-state index in [-0.39, 0.29) is 0 Å². The molecule has 0 saturated carbocycles. The second-order valence-corrected chi connectivity index (χ2v) is 4.83. The van der Waals surface area contributed by atoms with Gasteiger partial charge in [-0.25, -0.2) is 9.97 Å². The van der Waals surface area contributed by atoms with Crippen molar-refractivity contribution in [2.24, 2.45) is 5.92 Å². The molecule has 0 radical (unpaired) electrons. The first-order chi connectivity index (χ1) is 8.69. The number of hydrogen-bond donors (Lipinski definition) is 2. The molecular weight excluding hydrogens is 228 g/mol. The van der Waals surface area contributed by atoms with E-state index in [1.54, 1.807) is 6.07 Å². The van der Waals surface area contributed by atoms with Crippen LogP contribution in [0.2, 0.25) is 0 Å². The fourth-order valence-electron chi connectivity index (χ4n) is 2.32. The summed E-state index contributed by atoms with van der Waals surface area (Å²) in [5, 5.41) is 3.44. The molecule has 1 aromatic heterocycles. The van der Waals surface area contributed by atoms with Crippen LogP contribution in [0, 0.1) is 5.92 Å². The van der Waals surface area contributed by atoms with Crippen molar-refractivity contribution in [1.82, 2.24) is 9.97 Å².